The lowest BCUT2D eigenvalue weighted by Crippen LogP contribution is -3.23. The van der Waals surface area contributed by atoms with Crippen LogP contribution in [0.4, 0.5) is 0 Å². The summed E-state index contributed by atoms with van der Waals surface area (Å²) < 4.78 is 0. The van der Waals surface area contributed by atoms with E-state index in [4.69, 9.17) is 11.6 Å². The average molecular weight is 393 g/mol. The van der Waals surface area contributed by atoms with E-state index >= 15 is 0 Å². The molecule has 0 aromatic carbocycles. The van der Waals surface area contributed by atoms with Crippen molar-refractivity contribution in [3.05, 3.63) is 15.6 Å². The van der Waals surface area contributed by atoms with Crippen LogP contribution in [0, 0.1) is 15.6 Å². The van der Waals surface area contributed by atoms with E-state index in [1.165, 1.54) is 11.9 Å². The maximum atomic E-state index is 11.6. The van der Waals surface area contributed by atoms with Crippen LogP contribution in [0.15, 0.2) is 0 Å². The Kier molecular flexibility index (Phi) is 7.81. The van der Waals surface area contributed by atoms with Gasteiger partial charge in [0.15, 0.2) is 0 Å². The minimum Gasteiger partial charge on any atom is -0.600 e. The number of quaternary nitrogens is 4. The number of hydroxylamine groups is 6. The molecular weight excluding hydrogens is 370 g/mol. The van der Waals surface area contributed by atoms with Gasteiger partial charge < -0.3 is 15.6 Å². The molecule has 1 saturated carbocycles. The SMILES string of the molecule is [O-][NH+](O)C1CC([NH+]([O-])O)C(NC2SNN[NH+]2CCCl)C([NH+]([O-])O)C1. The zero-order valence-corrected chi connectivity index (χ0v) is 14.1. The number of nitrogens with one attached hydrogen (secondary N) is 7. The average Bonchev–Trinajstić information content (AvgIpc) is 2.94. The lowest BCUT2D eigenvalue weighted by atomic mass is 9.83. The van der Waals surface area contributed by atoms with Gasteiger partial charge in [0.1, 0.15) is 30.7 Å². The van der Waals surface area contributed by atoms with Crippen molar-refractivity contribution in [1.29, 1.82) is 0 Å². The number of hydrogen-bond donors (Lipinski definition) is 10. The van der Waals surface area contributed by atoms with Crippen LogP contribution in [-0.2, 0) is 0 Å². The fourth-order valence-electron chi connectivity index (χ4n) is 3.12. The molecule has 0 spiro atoms. The van der Waals surface area contributed by atoms with Crippen molar-refractivity contribution in [2.45, 2.75) is 42.5 Å². The predicted molar refractivity (Wildman–Crippen MR) is 80.1 cm³/mol. The van der Waals surface area contributed by atoms with Crippen LogP contribution in [0.25, 0.3) is 0 Å². The van der Waals surface area contributed by atoms with E-state index in [0.29, 0.717) is 12.4 Å². The van der Waals surface area contributed by atoms with Crippen LogP contribution >= 0.6 is 23.5 Å². The van der Waals surface area contributed by atoms with E-state index in [1.807, 2.05) is 0 Å². The van der Waals surface area contributed by atoms with E-state index in [9.17, 15) is 31.2 Å². The molecule has 7 atom stereocenters. The van der Waals surface area contributed by atoms with Crippen molar-refractivity contribution in [2.75, 3.05) is 12.4 Å². The molecule has 1 heterocycles. The standard InChI is InChI=1S/C9H22ClN7O6S/c10-1-2-14-9(24-13-12-14)11-8-6(16(20)21)3-5(15(18)19)4-7(8)17(22)23/h5-9,11-13,15-18,20,22H,1-4H2/p+1. The third-order valence-corrected chi connectivity index (χ3v) is 5.41. The highest BCUT2D eigenvalue weighted by molar-refractivity contribution is 7.97. The quantitative estimate of drug-likeness (QED) is 0.113. The number of rotatable bonds is 7. The zero-order valence-electron chi connectivity index (χ0n) is 12.6. The van der Waals surface area contributed by atoms with Gasteiger partial charge in [-0.05, 0) is 0 Å². The van der Waals surface area contributed by atoms with Crippen LogP contribution < -0.4 is 36.4 Å². The molecular formula is C9H23ClN7O6S+. The van der Waals surface area contributed by atoms with E-state index in [2.05, 4.69) is 15.7 Å². The summed E-state index contributed by atoms with van der Waals surface area (Å²) in [5, 5.41) is 62.8. The van der Waals surface area contributed by atoms with Crippen molar-refractivity contribution in [2.24, 2.45) is 0 Å². The third kappa shape index (κ3) is 4.85. The van der Waals surface area contributed by atoms with Gasteiger partial charge in [0, 0.05) is 11.9 Å². The summed E-state index contributed by atoms with van der Waals surface area (Å²) in [6, 6.07) is -4.05. The van der Waals surface area contributed by atoms with Crippen molar-refractivity contribution < 1.29 is 36.3 Å². The van der Waals surface area contributed by atoms with Gasteiger partial charge in [-0.3, -0.25) is 0 Å². The topological polar surface area (TPSA) is 184 Å². The Labute approximate surface area is 146 Å². The molecule has 24 heavy (non-hydrogen) atoms. The Hall–Kier alpha value is 0.120. The molecule has 2 rings (SSSR count). The first-order valence-corrected chi connectivity index (χ1v) is 8.79. The molecule has 1 aliphatic carbocycles. The largest absolute Gasteiger partial charge is 0.600 e. The Morgan fingerprint density at radius 3 is 2.17 bits per heavy atom. The molecule has 0 aromatic rings. The van der Waals surface area contributed by atoms with Crippen LogP contribution in [0.5, 0.6) is 0 Å². The van der Waals surface area contributed by atoms with E-state index < -0.39 is 39.8 Å². The summed E-state index contributed by atoms with van der Waals surface area (Å²) in [5.74, 6) is 0.360. The second-order valence-electron chi connectivity index (χ2n) is 5.78. The zero-order chi connectivity index (χ0) is 17.9. The highest BCUT2D eigenvalue weighted by Crippen LogP contribution is 2.17. The Morgan fingerprint density at radius 2 is 1.71 bits per heavy atom. The number of hydrogen-bond acceptors (Lipinski definition) is 10. The van der Waals surface area contributed by atoms with Gasteiger partial charge in [-0.1, -0.05) is 5.53 Å². The minimum atomic E-state index is -1.20. The highest BCUT2D eigenvalue weighted by atomic mass is 35.5. The molecule has 15 heteroatoms. The lowest BCUT2D eigenvalue weighted by Gasteiger charge is -2.44. The first kappa shape index (κ1) is 20.4. The van der Waals surface area contributed by atoms with Crippen molar-refractivity contribution >= 4 is 23.5 Å². The summed E-state index contributed by atoms with van der Waals surface area (Å²) >= 11 is 6.97. The number of hydrazine groups is 1. The summed E-state index contributed by atoms with van der Waals surface area (Å²) in [6.07, 6.45) is -0.204. The highest BCUT2D eigenvalue weighted by Gasteiger charge is 2.50. The second kappa shape index (κ2) is 9.17. The summed E-state index contributed by atoms with van der Waals surface area (Å²) in [4.78, 5) is 2.83. The van der Waals surface area contributed by atoms with Crippen LogP contribution in [0.3, 0.4) is 0 Å². The van der Waals surface area contributed by atoms with E-state index in [0.717, 1.165) is 5.01 Å². The smallest absolute Gasteiger partial charge is 0.224 e. The molecule has 0 radical (unpaired) electrons. The van der Waals surface area contributed by atoms with Gasteiger partial charge in [0.05, 0.1) is 18.7 Å². The summed E-state index contributed by atoms with van der Waals surface area (Å²) in [7, 11) is 0. The maximum absolute atomic E-state index is 11.6. The molecule has 10 N–H and O–H groups in total. The molecule has 2 fully saturated rings. The third-order valence-electron chi connectivity index (χ3n) is 4.34. The summed E-state index contributed by atoms with van der Waals surface area (Å²) in [5.41, 5.74) is 2.56. The van der Waals surface area contributed by atoms with Crippen molar-refractivity contribution in [3.8, 4) is 0 Å². The van der Waals surface area contributed by atoms with Crippen LogP contribution in [0.1, 0.15) is 12.8 Å². The van der Waals surface area contributed by atoms with Gasteiger partial charge in [-0.25, -0.2) is 41.6 Å². The van der Waals surface area contributed by atoms with E-state index in [-0.39, 0.29) is 18.3 Å². The molecule has 13 nitrogen and oxygen atoms in total. The fourth-order valence-corrected chi connectivity index (χ4v) is 4.18. The molecule has 142 valence electrons. The first-order valence-electron chi connectivity index (χ1n) is 7.38. The molecule has 0 aromatic heterocycles. The van der Waals surface area contributed by atoms with Crippen molar-refractivity contribution in [3.63, 3.8) is 0 Å². The fraction of sp³-hybridized carbons (Fsp3) is 1.00. The second-order valence-corrected chi connectivity index (χ2v) is 7.07. The van der Waals surface area contributed by atoms with Crippen LogP contribution in [-0.4, -0.2) is 57.7 Å². The maximum Gasteiger partial charge on any atom is 0.224 e. The Balaban J connectivity index is 2.15. The number of halogens is 1. The van der Waals surface area contributed by atoms with Gasteiger partial charge in [0.2, 0.25) is 5.50 Å². The van der Waals surface area contributed by atoms with Gasteiger partial charge >= 0.3 is 0 Å². The monoisotopic (exact) mass is 392 g/mol. The lowest BCUT2D eigenvalue weighted by molar-refractivity contribution is -1.11. The molecule has 0 amide bonds. The van der Waals surface area contributed by atoms with Crippen LogP contribution in [0.2, 0.25) is 0 Å². The van der Waals surface area contributed by atoms with Gasteiger partial charge in [-0.2, -0.15) is 0 Å². The van der Waals surface area contributed by atoms with Gasteiger partial charge in [0.25, 0.3) is 0 Å². The molecule has 1 aliphatic heterocycles. The summed E-state index contributed by atoms with van der Waals surface area (Å²) in [6.45, 7) is 0.527. The van der Waals surface area contributed by atoms with Gasteiger partial charge in [-0.15, -0.1) is 16.4 Å². The van der Waals surface area contributed by atoms with Crippen molar-refractivity contribution in [1.82, 2.24) is 15.7 Å². The Bertz CT molecular complexity index is 381. The first-order chi connectivity index (χ1) is 11.3. The molecule has 1 saturated heterocycles. The minimum absolute atomic E-state index is 0.102. The predicted octanol–water partition coefficient (Wildman–Crippen LogP) is -6.76. The van der Waals surface area contributed by atoms with E-state index in [1.54, 1.807) is 0 Å². The normalized spacial score (nSPS) is 41.1. The molecule has 7 unspecified atom stereocenters. The molecule has 2 aliphatic rings. The number of alkyl halides is 1. The Morgan fingerprint density at radius 1 is 1.12 bits per heavy atom. The molecule has 0 bridgehead atoms.